The number of benzene rings is 1. The molecule has 0 aliphatic rings. The third-order valence-corrected chi connectivity index (χ3v) is 4.55. The van der Waals surface area contributed by atoms with E-state index in [-0.39, 0.29) is 11.5 Å². The van der Waals surface area contributed by atoms with Crippen LogP contribution in [-0.2, 0) is 6.61 Å². The first-order valence-electron chi connectivity index (χ1n) is 6.85. The molecule has 8 heteroatoms. The molecule has 24 heavy (non-hydrogen) atoms. The molecule has 0 saturated heterocycles. The number of carbonyl (C=O) groups excluding carboxylic acids is 1. The second kappa shape index (κ2) is 7.24. The predicted octanol–water partition coefficient (Wildman–Crippen LogP) is 3.73. The fourth-order valence-electron chi connectivity index (χ4n) is 1.94. The number of ether oxygens (including phenoxy) is 1. The monoisotopic (exact) mass is 360 g/mol. The number of aromatic nitrogens is 1. The van der Waals surface area contributed by atoms with Crippen LogP contribution in [0.15, 0.2) is 46.6 Å². The Morgan fingerprint density at radius 1 is 1.29 bits per heavy atom. The molecule has 0 spiro atoms. The summed E-state index contributed by atoms with van der Waals surface area (Å²) < 4.78 is 5.61. The van der Waals surface area contributed by atoms with Gasteiger partial charge in [-0.15, -0.1) is 22.7 Å². The molecule has 2 N–H and O–H groups in total. The Labute approximate surface area is 145 Å². The van der Waals surface area contributed by atoms with Gasteiger partial charge < -0.3 is 15.2 Å². The maximum Gasteiger partial charge on any atom is 0.338 e. The Morgan fingerprint density at radius 3 is 2.92 bits per heavy atom. The van der Waals surface area contributed by atoms with Gasteiger partial charge in [-0.1, -0.05) is 6.07 Å². The number of rotatable bonds is 6. The Bertz CT molecular complexity index is 859. The largest absolute Gasteiger partial charge is 0.487 e. The highest BCUT2D eigenvalue weighted by Gasteiger charge is 2.15. The quantitative estimate of drug-likeness (QED) is 0.699. The number of aromatic carboxylic acids is 1. The van der Waals surface area contributed by atoms with Crippen LogP contribution in [0.2, 0.25) is 0 Å². The van der Waals surface area contributed by atoms with Gasteiger partial charge in [-0.25, -0.2) is 9.78 Å². The van der Waals surface area contributed by atoms with E-state index in [1.54, 1.807) is 35.2 Å². The van der Waals surface area contributed by atoms with Crippen molar-refractivity contribution in [3.05, 3.63) is 63.4 Å². The highest BCUT2D eigenvalue weighted by atomic mass is 32.1. The van der Waals surface area contributed by atoms with Crippen molar-refractivity contribution in [3.8, 4) is 5.75 Å². The Morgan fingerprint density at radius 2 is 2.17 bits per heavy atom. The van der Waals surface area contributed by atoms with E-state index in [0.717, 1.165) is 17.0 Å². The lowest BCUT2D eigenvalue weighted by Crippen LogP contribution is -2.13. The van der Waals surface area contributed by atoms with Crippen LogP contribution in [0.1, 0.15) is 26.4 Å². The summed E-state index contributed by atoms with van der Waals surface area (Å²) in [5.41, 5.74) is 3.00. The van der Waals surface area contributed by atoms with Crippen LogP contribution < -0.4 is 10.1 Å². The van der Waals surface area contributed by atoms with Crippen molar-refractivity contribution in [3.63, 3.8) is 0 Å². The summed E-state index contributed by atoms with van der Waals surface area (Å²) in [6.45, 7) is 0.322. The summed E-state index contributed by atoms with van der Waals surface area (Å²) in [6, 6.07) is 8.15. The number of nitrogens with zero attached hydrogens (tertiary/aromatic N) is 1. The molecule has 2 aromatic heterocycles. The lowest BCUT2D eigenvalue weighted by molar-refractivity contribution is 0.0698. The molecule has 1 amide bonds. The second-order valence-corrected chi connectivity index (χ2v) is 6.35. The van der Waals surface area contributed by atoms with Crippen LogP contribution >= 0.6 is 22.7 Å². The molecule has 2 heterocycles. The second-order valence-electron chi connectivity index (χ2n) is 4.72. The number of carboxylic acids is 1. The Kier molecular flexibility index (Phi) is 4.88. The number of carbonyl (C=O) groups is 2. The van der Waals surface area contributed by atoms with Gasteiger partial charge in [0.1, 0.15) is 17.4 Å². The summed E-state index contributed by atoms with van der Waals surface area (Å²) in [7, 11) is 0. The first-order valence-corrected chi connectivity index (χ1v) is 8.68. The van der Waals surface area contributed by atoms with Gasteiger partial charge in [0, 0.05) is 10.9 Å². The van der Waals surface area contributed by atoms with E-state index < -0.39 is 5.97 Å². The van der Waals surface area contributed by atoms with Crippen molar-refractivity contribution < 1.29 is 19.4 Å². The van der Waals surface area contributed by atoms with E-state index in [4.69, 9.17) is 9.84 Å². The zero-order chi connectivity index (χ0) is 16.9. The van der Waals surface area contributed by atoms with Crippen LogP contribution in [0.4, 0.5) is 5.00 Å². The van der Waals surface area contributed by atoms with Gasteiger partial charge in [-0.05, 0) is 29.6 Å². The lowest BCUT2D eigenvalue weighted by atomic mass is 10.2. The number of nitrogens with one attached hydrogen (secondary N) is 1. The molecule has 1 aromatic carbocycles. The lowest BCUT2D eigenvalue weighted by Gasteiger charge is -2.07. The fourth-order valence-corrected chi connectivity index (χ4v) is 3.26. The zero-order valence-corrected chi connectivity index (χ0v) is 13.9. The van der Waals surface area contributed by atoms with Crippen LogP contribution in [0, 0.1) is 0 Å². The molecule has 0 saturated carbocycles. The van der Waals surface area contributed by atoms with E-state index in [1.165, 1.54) is 17.4 Å². The number of thiophene rings is 1. The SMILES string of the molecule is O=C(Nc1sccc1C(=O)O)c1cccc(OCc2cscn2)c1. The molecule has 122 valence electrons. The van der Waals surface area contributed by atoms with Crippen molar-refractivity contribution in [2.24, 2.45) is 0 Å². The topological polar surface area (TPSA) is 88.5 Å². The van der Waals surface area contributed by atoms with Crippen molar-refractivity contribution in [1.82, 2.24) is 4.98 Å². The van der Waals surface area contributed by atoms with E-state index in [1.807, 2.05) is 5.38 Å². The minimum absolute atomic E-state index is 0.0734. The van der Waals surface area contributed by atoms with Crippen molar-refractivity contribution in [2.45, 2.75) is 6.61 Å². The van der Waals surface area contributed by atoms with Gasteiger partial charge in [-0.2, -0.15) is 0 Å². The standard InChI is InChI=1S/C16H12N2O4S2/c19-14(18-15-13(16(20)21)4-5-24-15)10-2-1-3-12(6-10)22-7-11-8-23-9-17-11/h1-6,8-9H,7H2,(H,18,19)(H,20,21). The third kappa shape index (κ3) is 3.79. The molecule has 0 atom stereocenters. The molecule has 0 fully saturated rings. The first kappa shape index (κ1) is 16.2. The smallest absolute Gasteiger partial charge is 0.338 e. The van der Waals surface area contributed by atoms with Crippen LogP contribution in [0.25, 0.3) is 0 Å². The number of hydrogen-bond donors (Lipinski definition) is 2. The molecular weight excluding hydrogens is 348 g/mol. The number of thiazole rings is 1. The van der Waals surface area contributed by atoms with Gasteiger partial charge in [-0.3, -0.25) is 4.79 Å². The maximum absolute atomic E-state index is 12.3. The van der Waals surface area contributed by atoms with E-state index in [2.05, 4.69) is 10.3 Å². The number of amides is 1. The average molecular weight is 360 g/mol. The van der Waals surface area contributed by atoms with Crippen LogP contribution in [0.5, 0.6) is 5.75 Å². The predicted molar refractivity (Wildman–Crippen MR) is 92.1 cm³/mol. The van der Waals surface area contributed by atoms with Gasteiger partial charge >= 0.3 is 5.97 Å². The van der Waals surface area contributed by atoms with Crippen molar-refractivity contribution in [2.75, 3.05) is 5.32 Å². The Balaban J connectivity index is 1.69. The number of anilines is 1. The van der Waals surface area contributed by atoms with Gasteiger partial charge in [0.2, 0.25) is 0 Å². The normalized spacial score (nSPS) is 10.3. The fraction of sp³-hybridized carbons (Fsp3) is 0.0625. The van der Waals surface area contributed by atoms with Crippen molar-refractivity contribution in [1.29, 1.82) is 0 Å². The molecule has 0 unspecified atom stereocenters. The summed E-state index contributed by atoms with van der Waals surface area (Å²) in [6.07, 6.45) is 0. The summed E-state index contributed by atoms with van der Waals surface area (Å²) in [5.74, 6) is -0.925. The number of carboxylic acid groups (broad SMARTS) is 1. The molecule has 0 aliphatic heterocycles. The van der Waals surface area contributed by atoms with Gasteiger partial charge in [0.05, 0.1) is 16.8 Å². The molecule has 3 rings (SSSR count). The highest BCUT2D eigenvalue weighted by molar-refractivity contribution is 7.14. The van der Waals surface area contributed by atoms with Gasteiger partial charge in [0.25, 0.3) is 5.91 Å². The minimum Gasteiger partial charge on any atom is -0.487 e. The average Bonchev–Trinajstić information content (AvgIpc) is 3.24. The number of hydrogen-bond acceptors (Lipinski definition) is 6. The van der Waals surface area contributed by atoms with E-state index in [9.17, 15) is 9.59 Å². The van der Waals surface area contributed by atoms with E-state index in [0.29, 0.717) is 22.9 Å². The third-order valence-electron chi connectivity index (χ3n) is 3.09. The summed E-state index contributed by atoms with van der Waals surface area (Å²) in [4.78, 5) is 27.5. The molecular formula is C16H12N2O4S2. The van der Waals surface area contributed by atoms with Gasteiger partial charge in [0.15, 0.2) is 0 Å². The van der Waals surface area contributed by atoms with E-state index >= 15 is 0 Å². The maximum atomic E-state index is 12.3. The molecule has 0 bridgehead atoms. The summed E-state index contributed by atoms with van der Waals surface area (Å²) >= 11 is 2.65. The zero-order valence-electron chi connectivity index (χ0n) is 12.3. The molecule has 3 aromatic rings. The van der Waals surface area contributed by atoms with Crippen molar-refractivity contribution >= 4 is 39.6 Å². The molecule has 6 nitrogen and oxygen atoms in total. The van der Waals surface area contributed by atoms with Crippen LogP contribution in [0.3, 0.4) is 0 Å². The molecule has 0 radical (unpaired) electrons. The highest BCUT2D eigenvalue weighted by Crippen LogP contribution is 2.24. The first-order chi connectivity index (χ1) is 11.6. The Hall–Kier alpha value is -2.71. The minimum atomic E-state index is -1.08. The molecule has 0 aliphatic carbocycles. The van der Waals surface area contributed by atoms with Crippen LogP contribution in [-0.4, -0.2) is 22.0 Å². The summed E-state index contributed by atoms with van der Waals surface area (Å²) in [5, 5.41) is 15.5.